The van der Waals surface area contributed by atoms with Crippen LogP contribution in [-0.4, -0.2) is 58.8 Å². The highest BCUT2D eigenvalue weighted by Gasteiger charge is 2.64. The van der Waals surface area contributed by atoms with Crippen LogP contribution in [-0.2, 0) is 21.4 Å². The van der Waals surface area contributed by atoms with Crippen LogP contribution in [0.5, 0.6) is 11.5 Å². The van der Waals surface area contributed by atoms with Crippen molar-refractivity contribution < 1.29 is 37.7 Å². The maximum Gasteiger partial charge on any atom is 0.490 e. The van der Waals surface area contributed by atoms with Gasteiger partial charge in [0, 0.05) is 17.5 Å². The Bertz CT molecular complexity index is 896. The second-order valence-corrected chi connectivity index (χ2v) is 7.58. The number of carbonyl (C=O) groups is 2. The topological polar surface area (TPSA) is 87.1 Å². The van der Waals surface area contributed by atoms with Gasteiger partial charge >= 0.3 is 12.1 Å². The Morgan fingerprint density at radius 3 is 2.68 bits per heavy atom. The van der Waals surface area contributed by atoms with Gasteiger partial charge in [0.15, 0.2) is 23.4 Å². The van der Waals surface area contributed by atoms with E-state index in [2.05, 4.69) is 18.0 Å². The molecule has 2 aliphatic heterocycles. The molecule has 1 aromatic rings. The third-order valence-corrected chi connectivity index (χ3v) is 6.24. The fourth-order valence-corrected chi connectivity index (χ4v) is 5.08. The Hall–Kier alpha value is -2.55. The maximum atomic E-state index is 12.4. The molecule has 5 rings (SSSR count). The molecule has 6 nitrogen and oxygen atoms in total. The minimum absolute atomic E-state index is 0.0398. The minimum Gasteiger partial charge on any atom is -0.504 e. The van der Waals surface area contributed by atoms with E-state index in [1.54, 1.807) is 12.1 Å². The van der Waals surface area contributed by atoms with Crippen LogP contribution in [0, 0.1) is 5.92 Å². The highest BCUT2D eigenvalue weighted by molar-refractivity contribution is 5.98. The third kappa shape index (κ3) is 2.45. The second-order valence-electron chi connectivity index (χ2n) is 7.58. The normalized spacial score (nSPS) is 32.1. The summed E-state index contributed by atoms with van der Waals surface area (Å²) in [5, 5.41) is 17.3. The number of likely N-dealkylation sites (tertiary alicyclic amines) is 1. The molecule has 0 unspecified atom stereocenters. The van der Waals surface area contributed by atoms with Crippen molar-refractivity contribution in [2.45, 2.75) is 36.6 Å². The summed E-state index contributed by atoms with van der Waals surface area (Å²) in [7, 11) is 2.17. The van der Waals surface area contributed by atoms with E-state index in [-0.39, 0.29) is 16.9 Å². The summed E-state index contributed by atoms with van der Waals surface area (Å²) >= 11 is 0. The number of hydrogen-bond donors (Lipinski definition) is 2. The molecule has 4 aliphatic rings. The van der Waals surface area contributed by atoms with Crippen LogP contribution in [0.4, 0.5) is 13.2 Å². The average Bonchev–Trinajstić information content (AvgIpc) is 2.97. The van der Waals surface area contributed by atoms with E-state index in [1.165, 1.54) is 5.56 Å². The maximum absolute atomic E-state index is 12.4. The number of ketones is 1. The van der Waals surface area contributed by atoms with Gasteiger partial charge in [0.05, 0.1) is 5.41 Å². The van der Waals surface area contributed by atoms with Crippen molar-refractivity contribution in [1.29, 1.82) is 0 Å². The van der Waals surface area contributed by atoms with E-state index in [0.29, 0.717) is 17.7 Å². The van der Waals surface area contributed by atoms with E-state index in [1.807, 2.05) is 6.07 Å². The Balaban J connectivity index is 0.000000239. The molecule has 2 bridgehead atoms. The van der Waals surface area contributed by atoms with Gasteiger partial charge in [-0.2, -0.15) is 13.2 Å². The number of benzene rings is 1. The fourth-order valence-electron chi connectivity index (χ4n) is 5.08. The predicted octanol–water partition coefficient (Wildman–Crippen LogP) is 2.04. The van der Waals surface area contributed by atoms with Gasteiger partial charge < -0.3 is 19.8 Å². The molecule has 0 aromatic heterocycles. The van der Waals surface area contributed by atoms with Gasteiger partial charge in [-0.25, -0.2) is 4.79 Å². The molecule has 0 saturated carbocycles. The third-order valence-electron chi connectivity index (χ3n) is 6.24. The van der Waals surface area contributed by atoms with Crippen LogP contribution >= 0.6 is 0 Å². The number of nitrogens with zero attached hydrogens (tertiary/aromatic N) is 1. The van der Waals surface area contributed by atoms with Gasteiger partial charge in [0.25, 0.3) is 0 Å². The van der Waals surface area contributed by atoms with E-state index in [4.69, 9.17) is 14.6 Å². The fraction of sp³-hybridized carbons (Fsp3) is 0.474. The Kier molecular flexibility index (Phi) is 4.01. The molecule has 1 aromatic carbocycles. The molecule has 0 amide bonds. The zero-order valence-corrected chi connectivity index (χ0v) is 14.9. The van der Waals surface area contributed by atoms with Crippen molar-refractivity contribution in [3.8, 4) is 11.5 Å². The number of carbonyl (C=O) groups excluding carboxylic acids is 1. The molecule has 1 fully saturated rings. The first-order chi connectivity index (χ1) is 13.1. The Morgan fingerprint density at radius 2 is 2.04 bits per heavy atom. The number of ether oxygens (including phenoxy) is 1. The number of carboxylic acid groups (broad SMARTS) is 1. The summed E-state index contributed by atoms with van der Waals surface area (Å²) in [4.78, 5) is 23.7. The van der Waals surface area contributed by atoms with E-state index in [9.17, 15) is 23.1 Å². The second kappa shape index (κ2) is 5.97. The first-order valence-corrected chi connectivity index (χ1v) is 8.81. The highest BCUT2D eigenvalue weighted by atomic mass is 19.4. The first-order valence-electron chi connectivity index (χ1n) is 8.81. The standard InChI is InChI=1S/C17H17NO3.C2HF3O2/c1-18-7-6-17-10-3-5-13(20)16(17)21-15-12(19)4-2-9(14(15)17)8-11(10)18;3-2(4,5)1(6)7/h2-5,10-11,16,19H,6-8H2,1H3;(H,6,7)/t10-,11+,16-,17-;/m0./s1. The Morgan fingerprint density at radius 1 is 1.36 bits per heavy atom. The average molecular weight is 397 g/mol. The van der Waals surface area contributed by atoms with Gasteiger partial charge in [-0.3, -0.25) is 4.79 Å². The number of piperidine rings is 1. The number of hydrogen-bond acceptors (Lipinski definition) is 5. The smallest absolute Gasteiger partial charge is 0.490 e. The lowest BCUT2D eigenvalue weighted by Crippen LogP contribution is -2.64. The molecule has 9 heteroatoms. The molecule has 1 saturated heterocycles. The van der Waals surface area contributed by atoms with E-state index in [0.717, 1.165) is 24.9 Å². The summed E-state index contributed by atoms with van der Waals surface area (Å²) in [6, 6.07) is 4.13. The summed E-state index contributed by atoms with van der Waals surface area (Å²) in [6.45, 7) is 0.969. The summed E-state index contributed by atoms with van der Waals surface area (Å²) in [5.74, 6) is -1.69. The zero-order chi connectivity index (χ0) is 20.4. The number of aromatic hydroxyl groups is 1. The molecule has 2 aliphatic carbocycles. The Labute approximate surface area is 158 Å². The number of halogens is 3. The van der Waals surface area contributed by atoms with Crippen molar-refractivity contribution in [1.82, 2.24) is 4.90 Å². The lowest BCUT2D eigenvalue weighted by atomic mass is 9.53. The molecular weight excluding hydrogens is 379 g/mol. The zero-order valence-electron chi connectivity index (χ0n) is 14.9. The van der Waals surface area contributed by atoms with Crippen LogP contribution in [0.2, 0.25) is 0 Å². The van der Waals surface area contributed by atoms with Crippen LogP contribution in [0.25, 0.3) is 0 Å². The van der Waals surface area contributed by atoms with Crippen molar-refractivity contribution in [3.05, 3.63) is 35.4 Å². The van der Waals surface area contributed by atoms with Gasteiger partial charge in [0.2, 0.25) is 0 Å². The molecule has 28 heavy (non-hydrogen) atoms. The number of alkyl halides is 3. The minimum atomic E-state index is -5.08. The number of phenolic OH excluding ortho intramolecular Hbond substituents is 1. The summed E-state index contributed by atoms with van der Waals surface area (Å²) in [6.07, 6.45) is 0.110. The lowest BCUT2D eigenvalue weighted by Gasteiger charge is -2.55. The van der Waals surface area contributed by atoms with Crippen LogP contribution in [0.1, 0.15) is 17.5 Å². The van der Waals surface area contributed by atoms with Crippen molar-refractivity contribution in [2.24, 2.45) is 5.92 Å². The van der Waals surface area contributed by atoms with Crippen LogP contribution < -0.4 is 4.74 Å². The molecule has 1 spiro atoms. The van der Waals surface area contributed by atoms with Gasteiger partial charge in [-0.1, -0.05) is 12.1 Å². The number of phenols is 1. The summed E-state index contributed by atoms with van der Waals surface area (Å²) in [5.41, 5.74) is 2.09. The van der Waals surface area contributed by atoms with Crippen molar-refractivity contribution >= 4 is 11.8 Å². The van der Waals surface area contributed by atoms with Gasteiger partial charge in [-0.05, 0) is 44.1 Å². The summed E-state index contributed by atoms with van der Waals surface area (Å²) < 4.78 is 37.7. The monoisotopic (exact) mass is 397 g/mol. The molecule has 2 heterocycles. The lowest BCUT2D eigenvalue weighted by molar-refractivity contribution is -0.192. The number of carboxylic acids is 1. The van der Waals surface area contributed by atoms with E-state index < -0.39 is 18.2 Å². The molecule has 0 radical (unpaired) electrons. The van der Waals surface area contributed by atoms with Crippen LogP contribution in [0.3, 0.4) is 0 Å². The quantitative estimate of drug-likeness (QED) is 0.697. The molecule has 2 N–H and O–H groups in total. The van der Waals surface area contributed by atoms with Crippen molar-refractivity contribution in [2.75, 3.05) is 13.6 Å². The van der Waals surface area contributed by atoms with Gasteiger partial charge in [0.1, 0.15) is 0 Å². The van der Waals surface area contributed by atoms with Crippen LogP contribution in [0.15, 0.2) is 24.3 Å². The predicted molar refractivity (Wildman–Crippen MR) is 90.3 cm³/mol. The van der Waals surface area contributed by atoms with E-state index >= 15 is 0 Å². The SMILES string of the molecule is CN1CC[C@]23c4c5ccc(O)c4O[C@H]2C(=O)C=C[C@H]3[C@H]1C5.O=C(O)C(F)(F)F. The van der Waals surface area contributed by atoms with Crippen molar-refractivity contribution in [3.63, 3.8) is 0 Å². The first kappa shape index (κ1) is 18.8. The number of aliphatic carboxylic acids is 1. The molecule has 4 atom stereocenters. The molecular formula is C19H18F3NO5. The number of rotatable bonds is 0. The highest BCUT2D eigenvalue weighted by Crippen LogP contribution is 2.61. The number of likely N-dealkylation sites (N-methyl/N-ethyl adjacent to an activating group) is 1. The van der Waals surface area contributed by atoms with Gasteiger partial charge in [-0.15, -0.1) is 0 Å². The molecule has 150 valence electrons. The largest absolute Gasteiger partial charge is 0.504 e.